The summed E-state index contributed by atoms with van der Waals surface area (Å²) in [5.41, 5.74) is 1.44. The molecule has 4 nitrogen and oxygen atoms in total. The number of hydrogen-bond acceptors (Lipinski definition) is 3. The van der Waals surface area contributed by atoms with E-state index in [2.05, 4.69) is 0 Å². The molecule has 1 heterocycles. The van der Waals surface area contributed by atoms with Crippen LogP contribution in [0.5, 0.6) is 0 Å². The lowest BCUT2D eigenvalue weighted by Gasteiger charge is -2.02. The van der Waals surface area contributed by atoms with Crippen LogP contribution in [0.1, 0.15) is 5.56 Å². The number of rotatable bonds is 2. The summed E-state index contributed by atoms with van der Waals surface area (Å²) >= 11 is 0. The summed E-state index contributed by atoms with van der Waals surface area (Å²) in [6.07, 6.45) is 2.96. The van der Waals surface area contributed by atoms with Crippen molar-refractivity contribution in [2.75, 3.05) is 6.26 Å². The zero-order valence-electron chi connectivity index (χ0n) is 8.71. The Balaban J connectivity index is 2.71. The van der Waals surface area contributed by atoms with E-state index in [0.29, 0.717) is 5.52 Å². The lowest BCUT2D eigenvalue weighted by molar-refractivity contribution is 0.595. The van der Waals surface area contributed by atoms with Gasteiger partial charge < -0.3 is 0 Å². The number of hydrogen-bond donors (Lipinski definition) is 0. The largest absolute Gasteiger partial charge is 0.245 e. The number of nitrogens with zero attached hydrogens (tertiary/aromatic N) is 2. The van der Waals surface area contributed by atoms with Gasteiger partial charge in [-0.15, -0.1) is 0 Å². The van der Waals surface area contributed by atoms with Crippen LogP contribution in [0.2, 0.25) is 0 Å². The SMILES string of the molecule is CS(=O)(=O)n1ccc2ccc(CC#N)cc21. The maximum atomic E-state index is 11.5. The molecule has 0 aliphatic carbocycles. The molecule has 0 radical (unpaired) electrons. The third-order valence-corrected chi connectivity index (χ3v) is 3.40. The van der Waals surface area contributed by atoms with Crippen LogP contribution in [0.3, 0.4) is 0 Å². The van der Waals surface area contributed by atoms with Gasteiger partial charge in [0.1, 0.15) is 0 Å². The van der Waals surface area contributed by atoms with Gasteiger partial charge in [0.25, 0.3) is 0 Å². The van der Waals surface area contributed by atoms with Crippen LogP contribution in [-0.2, 0) is 16.4 Å². The Morgan fingerprint density at radius 2 is 2.12 bits per heavy atom. The van der Waals surface area contributed by atoms with E-state index >= 15 is 0 Å². The predicted octanol–water partition coefficient (Wildman–Crippen LogP) is 1.52. The molecule has 0 atom stereocenters. The van der Waals surface area contributed by atoms with E-state index in [9.17, 15) is 8.42 Å². The van der Waals surface area contributed by atoms with Crippen LogP contribution in [0.4, 0.5) is 0 Å². The molecule has 0 N–H and O–H groups in total. The van der Waals surface area contributed by atoms with E-state index in [4.69, 9.17) is 5.26 Å². The highest BCUT2D eigenvalue weighted by Gasteiger charge is 2.09. The summed E-state index contributed by atoms with van der Waals surface area (Å²) in [6, 6.07) is 9.17. The molecule has 0 fully saturated rings. The normalized spacial score (nSPS) is 11.5. The average Bonchev–Trinajstić information content (AvgIpc) is 2.60. The minimum absolute atomic E-state index is 0.283. The predicted molar refractivity (Wildman–Crippen MR) is 61.5 cm³/mol. The van der Waals surface area contributed by atoms with E-state index in [-0.39, 0.29) is 6.42 Å². The summed E-state index contributed by atoms with van der Waals surface area (Å²) in [6.45, 7) is 0. The molecule has 5 heteroatoms. The minimum Gasteiger partial charge on any atom is -0.245 e. The van der Waals surface area contributed by atoms with Crippen LogP contribution in [0, 0.1) is 11.3 Å². The Morgan fingerprint density at radius 1 is 1.38 bits per heavy atom. The van der Waals surface area contributed by atoms with E-state index in [0.717, 1.165) is 17.2 Å². The quantitative estimate of drug-likeness (QED) is 0.791. The van der Waals surface area contributed by atoms with Crippen LogP contribution in [0.15, 0.2) is 30.5 Å². The second-order valence-corrected chi connectivity index (χ2v) is 5.46. The minimum atomic E-state index is -3.28. The Labute approximate surface area is 93.8 Å². The third kappa shape index (κ3) is 1.79. The van der Waals surface area contributed by atoms with E-state index in [1.807, 2.05) is 18.2 Å². The average molecular weight is 234 g/mol. The van der Waals surface area contributed by atoms with Gasteiger partial charge in [-0.3, -0.25) is 0 Å². The van der Waals surface area contributed by atoms with Crippen LogP contribution in [-0.4, -0.2) is 18.6 Å². The van der Waals surface area contributed by atoms with Gasteiger partial charge in [-0.25, -0.2) is 12.4 Å². The summed E-state index contributed by atoms with van der Waals surface area (Å²) in [4.78, 5) is 0. The van der Waals surface area contributed by atoms with Crippen LogP contribution in [0.25, 0.3) is 10.9 Å². The zero-order chi connectivity index (χ0) is 11.8. The van der Waals surface area contributed by atoms with Crippen LogP contribution < -0.4 is 0 Å². The van der Waals surface area contributed by atoms with Gasteiger partial charge in [0.05, 0.1) is 24.3 Å². The Kier molecular flexibility index (Phi) is 2.44. The van der Waals surface area contributed by atoms with Gasteiger partial charge in [0.2, 0.25) is 10.0 Å². The Bertz CT molecular complexity index is 678. The molecule has 0 spiro atoms. The monoisotopic (exact) mass is 234 g/mol. The fraction of sp³-hybridized carbons (Fsp3) is 0.182. The third-order valence-electron chi connectivity index (χ3n) is 2.36. The van der Waals surface area contributed by atoms with Crippen molar-refractivity contribution in [3.8, 4) is 6.07 Å². The van der Waals surface area contributed by atoms with Crippen molar-refractivity contribution in [2.24, 2.45) is 0 Å². The summed E-state index contributed by atoms with van der Waals surface area (Å²) in [7, 11) is -3.28. The molecule has 0 bridgehead atoms. The van der Waals surface area contributed by atoms with Crippen molar-refractivity contribution in [3.63, 3.8) is 0 Å². The van der Waals surface area contributed by atoms with Crippen molar-refractivity contribution < 1.29 is 8.42 Å². The molecule has 0 amide bonds. The molecule has 1 aromatic carbocycles. The lowest BCUT2D eigenvalue weighted by atomic mass is 10.1. The van der Waals surface area contributed by atoms with E-state index < -0.39 is 10.0 Å². The first-order chi connectivity index (χ1) is 7.52. The molecule has 2 rings (SSSR count). The van der Waals surface area contributed by atoms with Crippen LogP contribution >= 0.6 is 0 Å². The summed E-state index contributed by atoms with van der Waals surface area (Å²) < 4.78 is 24.2. The van der Waals surface area contributed by atoms with Gasteiger partial charge in [0, 0.05) is 11.6 Å². The topological polar surface area (TPSA) is 62.9 Å². The maximum absolute atomic E-state index is 11.5. The van der Waals surface area contributed by atoms with Crippen molar-refractivity contribution in [2.45, 2.75) is 6.42 Å². The Hall–Kier alpha value is -1.80. The number of fused-ring (bicyclic) bond motifs is 1. The first-order valence-electron chi connectivity index (χ1n) is 4.70. The zero-order valence-corrected chi connectivity index (χ0v) is 9.53. The van der Waals surface area contributed by atoms with E-state index in [1.165, 1.54) is 10.2 Å². The Morgan fingerprint density at radius 3 is 2.75 bits per heavy atom. The maximum Gasteiger partial charge on any atom is 0.236 e. The second kappa shape index (κ2) is 3.65. The number of benzene rings is 1. The summed E-state index contributed by atoms with van der Waals surface area (Å²) in [5.74, 6) is 0. The molecule has 16 heavy (non-hydrogen) atoms. The molecule has 0 saturated heterocycles. The highest BCUT2D eigenvalue weighted by Crippen LogP contribution is 2.19. The van der Waals surface area contributed by atoms with Crippen molar-refractivity contribution in [1.29, 1.82) is 5.26 Å². The molecule has 0 saturated carbocycles. The molecule has 1 aromatic heterocycles. The molecule has 0 unspecified atom stereocenters. The van der Waals surface area contributed by atoms with Crippen molar-refractivity contribution >= 4 is 20.9 Å². The molecule has 0 aliphatic rings. The van der Waals surface area contributed by atoms with Crippen molar-refractivity contribution in [1.82, 2.24) is 3.97 Å². The lowest BCUT2D eigenvalue weighted by Crippen LogP contribution is -2.08. The number of aromatic nitrogens is 1. The van der Waals surface area contributed by atoms with Gasteiger partial charge in [-0.05, 0) is 17.7 Å². The van der Waals surface area contributed by atoms with Crippen molar-refractivity contribution in [3.05, 3.63) is 36.0 Å². The highest BCUT2D eigenvalue weighted by atomic mass is 32.2. The summed E-state index contributed by atoms with van der Waals surface area (Å²) in [5, 5.41) is 9.45. The smallest absolute Gasteiger partial charge is 0.236 e. The van der Waals surface area contributed by atoms with Gasteiger partial charge >= 0.3 is 0 Å². The highest BCUT2D eigenvalue weighted by molar-refractivity contribution is 7.89. The molecule has 82 valence electrons. The van der Waals surface area contributed by atoms with Gasteiger partial charge in [-0.1, -0.05) is 12.1 Å². The fourth-order valence-corrected chi connectivity index (χ4v) is 2.44. The molecule has 2 aromatic rings. The second-order valence-electron chi connectivity index (χ2n) is 3.60. The number of nitriles is 1. The first-order valence-corrected chi connectivity index (χ1v) is 6.55. The standard InChI is InChI=1S/C11H10N2O2S/c1-16(14,15)13-7-5-10-3-2-9(4-6-12)8-11(10)13/h2-3,5,7-8H,4H2,1H3. The van der Waals surface area contributed by atoms with E-state index in [1.54, 1.807) is 12.1 Å². The molecular formula is C11H10N2O2S. The van der Waals surface area contributed by atoms with Gasteiger partial charge in [0.15, 0.2) is 0 Å². The van der Waals surface area contributed by atoms with Gasteiger partial charge in [-0.2, -0.15) is 5.26 Å². The fourth-order valence-electron chi connectivity index (χ4n) is 1.64. The first kappa shape index (κ1) is 10.7. The molecule has 0 aliphatic heterocycles. The molecular weight excluding hydrogens is 224 g/mol.